The van der Waals surface area contributed by atoms with Gasteiger partial charge in [-0.25, -0.2) is 9.59 Å². The van der Waals surface area contributed by atoms with Gasteiger partial charge in [-0.3, -0.25) is 4.79 Å². The van der Waals surface area contributed by atoms with E-state index in [9.17, 15) is 50.1 Å². The molecule has 20 heteroatoms. The van der Waals surface area contributed by atoms with Crippen LogP contribution in [0.1, 0.15) is 111 Å². The van der Waals surface area contributed by atoms with E-state index >= 15 is 0 Å². The average molecular weight is 1060 g/mol. The lowest BCUT2D eigenvalue weighted by Gasteiger charge is -2.47. The molecule has 0 amide bonds. The van der Waals surface area contributed by atoms with Crippen LogP contribution in [-0.4, -0.2) is 153 Å². The summed E-state index contributed by atoms with van der Waals surface area (Å²) in [4.78, 5) is 39.9. The van der Waals surface area contributed by atoms with Crippen LogP contribution in [0.3, 0.4) is 0 Å². The highest BCUT2D eigenvalue weighted by molar-refractivity contribution is 6.39. The van der Waals surface area contributed by atoms with Crippen LogP contribution < -0.4 is 0 Å². The number of phenolic OH excluding ortho intramolecular Hbond substituents is 2. The minimum Gasteiger partial charge on any atom is -0.505 e. The summed E-state index contributed by atoms with van der Waals surface area (Å²) in [6, 6.07) is 0. The van der Waals surface area contributed by atoms with E-state index in [0.29, 0.717) is 23.1 Å². The van der Waals surface area contributed by atoms with Crippen LogP contribution in [0.5, 0.6) is 11.5 Å². The number of aliphatic hydroxyl groups is 5. The molecule has 3 aliphatic rings. The summed E-state index contributed by atoms with van der Waals surface area (Å²) in [5.74, 6) is -4.31. The van der Waals surface area contributed by atoms with E-state index in [1.165, 1.54) is 40.0 Å². The Morgan fingerprint density at radius 2 is 1.57 bits per heavy atom. The fourth-order valence-corrected chi connectivity index (χ4v) is 9.06. The Kier molecular flexibility index (Phi) is 22.4. The summed E-state index contributed by atoms with van der Waals surface area (Å²) < 4.78 is 47.5. The molecule has 1 aromatic carbocycles. The van der Waals surface area contributed by atoms with Gasteiger partial charge in [-0.15, -0.1) is 0 Å². The molecule has 404 valence electrons. The lowest BCUT2D eigenvalue weighted by atomic mass is 9.88. The molecule has 7 N–H and O–H groups in total. The van der Waals surface area contributed by atoms with Gasteiger partial charge in [0.1, 0.15) is 46.7 Å². The van der Waals surface area contributed by atoms with Crippen LogP contribution in [-0.2, 0) is 47.5 Å². The van der Waals surface area contributed by atoms with Gasteiger partial charge in [0.05, 0.1) is 41.6 Å². The van der Waals surface area contributed by atoms with Crippen molar-refractivity contribution in [2.75, 3.05) is 13.7 Å². The summed E-state index contributed by atoms with van der Waals surface area (Å²) in [7, 11) is 1.26. The molecule has 14 unspecified atom stereocenters. The first-order chi connectivity index (χ1) is 33.6. The number of allylic oxidation sites excluding steroid dienone is 4. The van der Waals surface area contributed by atoms with Crippen LogP contribution in [0.2, 0.25) is 10.0 Å². The second-order valence-corrected chi connectivity index (χ2v) is 20.4. The molecule has 0 spiro atoms. The number of benzene rings is 1. The van der Waals surface area contributed by atoms with Crippen LogP contribution in [0, 0.1) is 18.8 Å². The topological polar surface area (TPSA) is 267 Å². The number of carbonyl (C=O) groups excluding carboxylic acids is 3. The number of rotatable bonds is 13. The highest BCUT2D eigenvalue weighted by Crippen LogP contribution is 2.44. The molecule has 0 aliphatic carbocycles. The van der Waals surface area contributed by atoms with Crippen molar-refractivity contribution in [3.8, 4) is 11.5 Å². The molecule has 18 nitrogen and oxygen atoms in total. The Hall–Kier alpha value is -3.89. The average Bonchev–Trinajstić information content (AvgIpc) is 3.30. The maximum atomic E-state index is 13.9. The van der Waals surface area contributed by atoms with Crippen molar-refractivity contribution in [2.24, 2.45) is 11.8 Å². The third-order valence-corrected chi connectivity index (χ3v) is 13.7. The second kappa shape index (κ2) is 26.5. The zero-order valence-corrected chi connectivity index (χ0v) is 44.5. The van der Waals surface area contributed by atoms with Crippen molar-refractivity contribution in [1.82, 2.24) is 0 Å². The van der Waals surface area contributed by atoms with E-state index in [0.717, 1.165) is 0 Å². The number of aromatic hydroxyl groups is 2. The Morgan fingerprint density at radius 3 is 2.18 bits per heavy atom. The van der Waals surface area contributed by atoms with E-state index in [1.54, 1.807) is 32.9 Å². The molecule has 4 rings (SSSR count). The Labute approximate surface area is 431 Å². The molecule has 3 aliphatic heterocycles. The van der Waals surface area contributed by atoms with Gasteiger partial charge >= 0.3 is 17.9 Å². The third kappa shape index (κ3) is 15.1. The zero-order chi connectivity index (χ0) is 54.1. The lowest BCUT2D eigenvalue weighted by molar-refractivity contribution is -0.333. The SMILES string of the molecule is CCC1/C=C(\C)C(O)C/C=C/C=C(\COC2OC(C)C(OC(=O)c3c(C)c(Cl)c(O)c(Cl)c3O)C(O)C2OC)C(=O)OC(C(C)O)C/C=C(C)/C=C(\C)C1OC1OC(C)(C)C(OC(=O)CC(C)C)C(O)C1O. The largest absolute Gasteiger partial charge is 0.505 e. The number of methoxy groups -OCH3 is 1. The first-order valence-corrected chi connectivity index (χ1v) is 24.8. The number of phenols is 2. The van der Waals surface area contributed by atoms with Gasteiger partial charge in [0.2, 0.25) is 0 Å². The van der Waals surface area contributed by atoms with Crippen molar-refractivity contribution in [1.29, 1.82) is 0 Å². The van der Waals surface area contributed by atoms with Crippen molar-refractivity contribution >= 4 is 41.1 Å². The van der Waals surface area contributed by atoms with Gasteiger partial charge in [0.15, 0.2) is 36.3 Å². The lowest BCUT2D eigenvalue weighted by Crippen LogP contribution is -2.64. The van der Waals surface area contributed by atoms with Crippen molar-refractivity contribution in [3.05, 3.63) is 79.9 Å². The number of hydrogen-bond donors (Lipinski definition) is 7. The van der Waals surface area contributed by atoms with Gasteiger partial charge in [0.25, 0.3) is 0 Å². The first kappa shape index (κ1) is 60.7. The van der Waals surface area contributed by atoms with Gasteiger partial charge in [-0.05, 0) is 96.9 Å². The van der Waals surface area contributed by atoms with Crippen molar-refractivity contribution in [3.63, 3.8) is 0 Å². The standard InChI is InChI=1S/C52H74Cl2O18/c1-13-31-22-26(5)33(56)17-15-14-16-32(23-66-51-46(65-12)43(62)45(30(9)67-51)70-49(64)36-28(7)37(53)40(59)38(54)39(36)58)48(63)68-34(29(8)55)19-18-25(4)21-27(6)44(31)71-50-42(61)41(60)47(52(10,11)72-50)69-35(57)20-24(2)3/h14-16,18,21-22,24,29-31,33-34,41-47,50-51,55-56,58-62H,13,17,19-20,23H2,1-12H3/b15-14+,25-18+,26-22+,27-21+,32-16+. The molecule has 3 heterocycles. The van der Waals surface area contributed by atoms with E-state index in [-0.39, 0.29) is 41.3 Å². The van der Waals surface area contributed by atoms with E-state index in [1.807, 2.05) is 46.8 Å². The quantitative estimate of drug-likeness (QED) is 0.0643. The number of carbonyl (C=O) groups is 3. The molecule has 0 radical (unpaired) electrons. The van der Waals surface area contributed by atoms with Gasteiger partial charge in [-0.1, -0.05) is 79.9 Å². The molecule has 14 atom stereocenters. The van der Waals surface area contributed by atoms with Crippen LogP contribution >= 0.6 is 23.2 Å². The molecule has 0 aromatic heterocycles. The number of cyclic esters (lactones) is 1. The summed E-state index contributed by atoms with van der Waals surface area (Å²) >= 11 is 12.1. The van der Waals surface area contributed by atoms with Gasteiger partial charge < -0.3 is 73.6 Å². The molecule has 0 bridgehead atoms. The first-order valence-electron chi connectivity index (χ1n) is 24.1. The van der Waals surface area contributed by atoms with Crippen LogP contribution in [0.25, 0.3) is 0 Å². The normalized spacial score (nSPS) is 34.8. The predicted octanol–water partition coefficient (Wildman–Crippen LogP) is 6.37. The van der Waals surface area contributed by atoms with E-state index < -0.39 is 138 Å². The maximum Gasteiger partial charge on any atom is 0.342 e. The molecule has 2 saturated heterocycles. The minimum absolute atomic E-state index is 0.00876. The summed E-state index contributed by atoms with van der Waals surface area (Å²) in [5.41, 5.74) is 0.201. The second-order valence-electron chi connectivity index (χ2n) is 19.7. The fraction of sp³-hybridized carbons (Fsp3) is 0.635. The van der Waals surface area contributed by atoms with Crippen LogP contribution in [0.15, 0.2) is 58.7 Å². The number of aliphatic hydroxyl groups excluding tert-OH is 5. The maximum absolute atomic E-state index is 13.9. The zero-order valence-electron chi connectivity index (χ0n) is 43.0. The highest BCUT2D eigenvalue weighted by atomic mass is 35.5. The predicted molar refractivity (Wildman–Crippen MR) is 265 cm³/mol. The van der Waals surface area contributed by atoms with E-state index in [2.05, 4.69) is 0 Å². The molecule has 0 saturated carbocycles. The highest BCUT2D eigenvalue weighted by Gasteiger charge is 2.53. The minimum atomic E-state index is -1.60. The summed E-state index contributed by atoms with van der Waals surface area (Å²) in [6.45, 7) is 18.2. The number of halogens is 2. The molecule has 72 heavy (non-hydrogen) atoms. The monoisotopic (exact) mass is 1060 g/mol. The Morgan fingerprint density at radius 1 is 0.903 bits per heavy atom. The smallest absolute Gasteiger partial charge is 0.342 e. The molecule has 2 fully saturated rings. The molecule has 1 aromatic rings. The van der Waals surface area contributed by atoms with Crippen molar-refractivity contribution in [2.45, 2.75) is 187 Å². The van der Waals surface area contributed by atoms with Crippen LogP contribution in [0.4, 0.5) is 0 Å². The summed E-state index contributed by atoms with van der Waals surface area (Å²) in [5, 5.41) is 76.2. The number of ether oxygens (including phenoxy) is 8. The summed E-state index contributed by atoms with van der Waals surface area (Å²) in [6.07, 6.45) is -5.42. The number of hydrogen-bond acceptors (Lipinski definition) is 18. The third-order valence-electron chi connectivity index (χ3n) is 12.9. The van der Waals surface area contributed by atoms with Crippen molar-refractivity contribution < 1.29 is 88.0 Å². The van der Waals surface area contributed by atoms with Gasteiger partial charge in [-0.2, -0.15) is 0 Å². The fourth-order valence-electron chi connectivity index (χ4n) is 8.63. The molecular formula is C52H74Cl2O18. The molecular weight excluding hydrogens is 983 g/mol. The Balaban J connectivity index is 1.60. The Bertz CT molecular complexity index is 2190. The van der Waals surface area contributed by atoms with Gasteiger partial charge in [0, 0.05) is 25.9 Å². The van der Waals surface area contributed by atoms with E-state index in [4.69, 9.17) is 61.1 Å². The number of esters is 3.